The Balaban J connectivity index is 2.53. The molecule has 1 aromatic rings. The van der Waals surface area contributed by atoms with Crippen LogP contribution in [0.1, 0.15) is 52.4 Å². The Morgan fingerprint density at radius 2 is 1.43 bits per heavy atom. The lowest BCUT2D eigenvalue weighted by atomic mass is 10.3. The third-order valence-corrected chi connectivity index (χ3v) is 7.90. The highest BCUT2D eigenvalue weighted by Crippen LogP contribution is 2.64. The maximum Gasteiger partial charge on any atom is 0.252 e. The monoisotopic (exact) mass is 346 g/mol. The summed E-state index contributed by atoms with van der Waals surface area (Å²) in [5.41, 5.74) is -2.27. The van der Waals surface area contributed by atoms with Crippen LogP contribution in [-0.4, -0.2) is 13.2 Å². The Bertz CT molecular complexity index is 396. The van der Waals surface area contributed by atoms with Gasteiger partial charge in [0, 0.05) is 4.90 Å². The minimum absolute atomic E-state index is 0.707. The molecule has 0 aliphatic heterocycles. The quantitative estimate of drug-likeness (QED) is 0.321. The lowest BCUT2D eigenvalue weighted by Crippen LogP contribution is -1.97. The van der Waals surface area contributed by atoms with Gasteiger partial charge in [-0.15, -0.1) is 0 Å². The molecular formula is C16H27O2PS2. The van der Waals surface area contributed by atoms with Crippen LogP contribution in [0.3, 0.4) is 0 Å². The highest BCUT2D eigenvalue weighted by molar-refractivity contribution is 8.67. The molecule has 1 aromatic carbocycles. The van der Waals surface area contributed by atoms with Crippen molar-refractivity contribution in [2.24, 2.45) is 0 Å². The van der Waals surface area contributed by atoms with E-state index in [0.29, 0.717) is 13.2 Å². The van der Waals surface area contributed by atoms with Crippen LogP contribution in [0, 0.1) is 0 Å². The summed E-state index contributed by atoms with van der Waals surface area (Å²) >= 11 is 7.30. The fourth-order valence-electron chi connectivity index (χ4n) is 1.76. The summed E-state index contributed by atoms with van der Waals surface area (Å²) in [6, 6.07) is 10.2. The zero-order valence-electron chi connectivity index (χ0n) is 13.1. The van der Waals surface area contributed by atoms with E-state index in [9.17, 15) is 0 Å². The lowest BCUT2D eigenvalue weighted by Gasteiger charge is -2.21. The first-order valence-electron chi connectivity index (χ1n) is 7.84. The second-order valence-corrected chi connectivity index (χ2v) is 11.1. The molecule has 0 amide bonds. The number of unbranched alkanes of at least 4 members (excludes halogenated alkanes) is 4. The number of hydrogen-bond acceptors (Lipinski definition) is 4. The van der Waals surface area contributed by atoms with Gasteiger partial charge in [0.1, 0.15) is 0 Å². The van der Waals surface area contributed by atoms with Gasteiger partial charge < -0.3 is 9.05 Å². The first-order valence-corrected chi connectivity index (χ1v) is 11.9. The zero-order valence-corrected chi connectivity index (χ0v) is 15.7. The third kappa shape index (κ3) is 9.00. The van der Waals surface area contributed by atoms with Crippen LogP contribution in [-0.2, 0) is 20.9 Å². The fraction of sp³-hybridized carbons (Fsp3) is 0.625. The van der Waals surface area contributed by atoms with E-state index < -0.39 is 5.69 Å². The summed E-state index contributed by atoms with van der Waals surface area (Å²) in [4.78, 5) is 1.13. The van der Waals surface area contributed by atoms with E-state index in [2.05, 4.69) is 26.0 Å². The van der Waals surface area contributed by atoms with Gasteiger partial charge in [0.25, 0.3) is 5.69 Å². The van der Waals surface area contributed by atoms with Crippen molar-refractivity contribution in [1.29, 1.82) is 0 Å². The molecule has 0 atom stereocenters. The summed E-state index contributed by atoms with van der Waals surface area (Å²) in [5, 5.41) is 0. The Kier molecular flexibility index (Phi) is 10.7. The summed E-state index contributed by atoms with van der Waals surface area (Å²) in [6.45, 7) is 5.80. The van der Waals surface area contributed by atoms with Crippen molar-refractivity contribution in [3.63, 3.8) is 0 Å². The Morgan fingerprint density at radius 1 is 0.905 bits per heavy atom. The van der Waals surface area contributed by atoms with Crippen LogP contribution < -0.4 is 0 Å². The van der Waals surface area contributed by atoms with Gasteiger partial charge in [-0.3, -0.25) is 0 Å². The van der Waals surface area contributed by atoms with Crippen molar-refractivity contribution in [3.05, 3.63) is 30.3 Å². The normalized spacial score (nSPS) is 11.7. The fourth-order valence-corrected chi connectivity index (χ4v) is 6.30. The predicted octanol–water partition coefficient (Wildman–Crippen LogP) is 6.42. The SMILES string of the molecule is CCCCCOP(=S)(OCCCCC)Sc1ccccc1. The summed E-state index contributed by atoms with van der Waals surface area (Å²) in [7, 11) is 0. The molecule has 0 unspecified atom stereocenters. The van der Waals surface area contributed by atoms with E-state index >= 15 is 0 Å². The molecule has 0 aromatic heterocycles. The van der Waals surface area contributed by atoms with Crippen molar-refractivity contribution in [1.82, 2.24) is 0 Å². The first kappa shape index (κ1) is 19.2. The molecule has 21 heavy (non-hydrogen) atoms. The van der Waals surface area contributed by atoms with Crippen molar-refractivity contribution >= 4 is 28.9 Å². The third-order valence-electron chi connectivity index (χ3n) is 2.96. The maximum absolute atomic E-state index is 5.98. The van der Waals surface area contributed by atoms with E-state index in [4.69, 9.17) is 20.9 Å². The summed E-state index contributed by atoms with van der Waals surface area (Å²) in [5.74, 6) is 0. The number of hydrogen-bond donors (Lipinski definition) is 0. The van der Waals surface area contributed by atoms with Gasteiger partial charge in [-0.25, -0.2) is 0 Å². The molecular weight excluding hydrogens is 319 g/mol. The predicted molar refractivity (Wildman–Crippen MR) is 97.5 cm³/mol. The van der Waals surface area contributed by atoms with Gasteiger partial charge in [0.15, 0.2) is 0 Å². The van der Waals surface area contributed by atoms with Gasteiger partial charge in [-0.05, 0) is 48.2 Å². The minimum atomic E-state index is -2.27. The molecule has 0 N–H and O–H groups in total. The molecule has 0 aliphatic carbocycles. The maximum atomic E-state index is 5.98. The largest absolute Gasteiger partial charge is 0.321 e. The van der Waals surface area contributed by atoms with Crippen LogP contribution in [0.25, 0.3) is 0 Å². The van der Waals surface area contributed by atoms with Crippen LogP contribution in [0.5, 0.6) is 0 Å². The van der Waals surface area contributed by atoms with E-state index in [0.717, 1.165) is 17.7 Å². The minimum Gasteiger partial charge on any atom is -0.321 e. The van der Waals surface area contributed by atoms with E-state index in [1.54, 1.807) is 11.4 Å². The summed E-state index contributed by atoms with van der Waals surface area (Å²) < 4.78 is 12.0. The average Bonchev–Trinajstić information content (AvgIpc) is 2.49. The van der Waals surface area contributed by atoms with Gasteiger partial charge in [0.05, 0.1) is 13.2 Å². The second kappa shape index (κ2) is 11.7. The zero-order chi connectivity index (χ0) is 15.4. The van der Waals surface area contributed by atoms with Crippen molar-refractivity contribution in [2.45, 2.75) is 57.3 Å². The Labute approximate surface area is 138 Å². The molecule has 0 spiro atoms. The standard InChI is InChI=1S/C16H27O2PS2/c1-3-5-10-14-17-19(20,18-15-11-6-4-2)21-16-12-8-7-9-13-16/h7-9,12-13H,3-6,10-11,14-15H2,1-2H3. The van der Waals surface area contributed by atoms with Gasteiger partial charge in [-0.2, -0.15) is 0 Å². The molecule has 0 saturated carbocycles. The molecule has 5 heteroatoms. The topological polar surface area (TPSA) is 18.5 Å². The van der Waals surface area contributed by atoms with Gasteiger partial charge in [0.2, 0.25) is 0 Å². The van der Waals surface area contributed by atoms with E-state index in [1.807, 2.05) is 18.2 Å². The van der Waals surface area contributed by atoms with Crippen LogP contribution in [0.4, 0.5) is 0 Å². The molecule has 0 heterocycles. The Morgan fingerprint density at radius 3 is 1.90 bits per heavy atom. The molecule has 120 valence electrons. The molecule has 0 bridgehead atoms. The molecule has 1 rings (SSSR count). The number of benzene rings is 1. The molecule has 0 aliphatic rings. The number of rotatable bonds is 12. The van der Waals surface area contributed by atoms with Crippen LogP contribution >= 0.6 is 17.1 Å². The molecule has 0 saturated heterocycles. The van der Waals surface area contributed by atoms with Crippen molar-refractivity contribution in [3.8, 4) is 0 Å². The van der Waals surface area contributed by atoms with Gasteiger partial charge in [-0.1, -0.05) is 57.7 Å². The van der Waals surface area contributed by atoms with Crippen molar-refractivity contribution in [2.75, 3.05) is 13.2 Å². The molecule has 2 nitrogen and oxygen atoms in total. The van der Waals surface area contributed by atoms with Gasteiger partial charge >= 0.3 is 0 Å². The first-order chi connectivity index (χ1) is 10.2. The smallest absolute Gasteiger partial charge is 0.252 e. The van der Waals surface area contributed by atoms with Crippen molar-refractivity contribution < 1.29 is 9.05 Å². The van der Waals surface area contributed by atoms with E-state index in [-0.39, 0.29) is 0 Å². The Hall–Kier alpha value is 0.140. The van der Waals surface area contributed by atoms with Crippen LogP contribution in [0.15, 0.2) is 35.2 Å². The average molecular weight is 346 g/mol. The second-order valence-electron chi connectivity index (χ2n) is 4.93. The van der Waals surface area contributed by atoms with E-state index in [1.165, 1.54) is 25.7 Å². The van der Waals surface area contributed by atoms with Crippen LogP contribution in [0.2, 0.25) is 0 Å². The highest BCUT2D eigenvalue weighted by Gasteiger charge is 2.21. The highest BCUT2D eigenvalue weighted by atomic mass is 32.9. The molecule has 0 fully saturated rings. The lowest BCUT2D eigenvalue weighted by molar-refractivity contribution is 0.250. The molecule has 0 radical (unpaired) electrons. The summed E-state index contributed by atoms with van der Waals surface area (Å²) in [6.07, 6.45) is 6.86.